The van der Waals surface area contributed by atoms with Crippen LogP contribution in [0.1, 0.15) is 56.9 Å². The zero-order valence-corrected chi connectivity index (χ0v) is 16.0. The monoisotopic (exact) mass is 384 g/mol. The van der Waals surface area contributed by atoms with Gasteiger partial charge in [0.1, 0.15) is 0 Å². The third-order valence-corrected chi connectivity index (χ3v) is 3.84. The molecule has 134 valence electrons. The second-order valence-corrected chi connectivity index (χ2v) is 7.79. The van der Waals surface area contributed by atoms with E-state index in [-0.39, 0.29) is 12.5 Å². The van der Waals surface area contributed by atoms with E-state index in [0.29, 0.717) is 16.3 Å². The highest BCUT2D eigenvalue weighted by Crippen LogP contribution is 2.30. The van der Waals surface area contributed by atoms with Crippen LogP contribution in [-0.4, -0.2) is 30.9 Å². The van der Waals surface area contributed by atoms with Gasteiger partial charge in [-0.15, -0.1) is 0 Å². The summed E-state index contributed by atoms with van der Waals surface area (Å²) in [6.07, 6.45) is 7.91. The minimum atomic E-state index is -3.67. The van der Waals surface area contributed by atoms with Crippen LogP contribution in [0.25, 0.3) is 0 Å². The van der Waals surface area contributed by atoms with Crippen molar-refractivity contribution in [2.75, 3.05) is 12.9 Å². The molecule has 1 atom stereocenters. The number of hydrogen-bond donors (Lipinski definition) is 2. The first kappa shape index (κ1) is 22.7. The van der Waals surface area contributed by atoms with Crippen molar-refractivity contribution in [2.45, 2.75) is 51.4 Å². The number of aliphatic hydroxyl groups is 1. The van der Waals surface area contributed by atoms with Gasteiger partial charge in [0, 0.05) is 22.6 Å². The lowest BCUT2D eigenvalue weighted by molar-refractivity contribution is 0.256. The van der Waals surface area contributed by atoms with Gasteiger partial charge in [-0.3, -0.25) is 4.55 Å². The van der Waals surface area contributed by atoms with Gasteiger partial charge in [-0.25, -0.2) is 0 Å². The number of hydrogen-bond acceptors (Lipinski definition) is 3. The van der Waals surface area contributed by atoms with Crippen LogP contribution in [0, 0.1) is 0 Å². The molecule has 0 aliphatic rings. The Morgan fingerprint density at radius 2 is 1.70 bits per heavy atom. The molecule has 1 rings (SSSR count). The van der Waals surface area contributed by atoms with Crippen LogP contribution in [0.4, 0.5) is 0 Å². The number of aliphatic hydroxyl groups excluding tert-OH is 1. The summed E-state index contributed by atoms with van der Waals surface area (Å²) in [5.74, 6) is 0.136. The van der Waals surface area contributed by atoms with Crippen LogP contribution in [0.15, 0.2) is 18.2 Å². The molecule has 0 saturated heterocycles. The Labute approximate surface area is 149 Å². The molecule has 1 unspecified atom stereocenters. The van der Waals surface area contributed by atoms with Gasteiger partial charge in [-0.2, -0.15) is 8.42 Å². The molecule has 4 nitrogen and oxygen atoms in total. The van der Waals surface area contributed by atoms with Crippen LogP contribution in [0.5, 0.6) is 0 Å². The molecule has 0 spiro atoms. The Bertz CT molecular complexity index is 539. The van der Waals surface area contributed by atoms with E-state index in [9.17, 15) is 13.5 Å². The fourth-order valence-electron chi connectivity index (χ4n) is 2.17. The van der Waals surface area contributed by atoms with Crippen molar-refractivity contribution in [3.63, 3.8) is 0 Å². The minimum absolute atomic E-state index is 0.136. The first-order valence-electron chi connectivity index (χ1n) is 7.67. The predicted molar refractivity (Wildman–Crippen MR) is 97.1 cm³/mol. The van der Waals surface area contributed by atoms with E-state index in [0.717, 1.165) is 18.4 Å². The van der Waals surface area contributed by atoms with Crippen LogP contribution >= 0.6 is 23.2 Å². The molecule has 0 heterocycles. The van der Waals surface area contributed by atoms with Gasteiger partial charge in [-0.1, -0.05) is 68.3 Å². The molecule has 0 aliphatic heterocycles. The average Bonchev–Trinajstić information content (AvgIpc) is 2.42. The SMILES string of the molecule is CCCCCCCC(CO)c1ccc(Cl)cc1Cl.CS(=O)(=O)O. The second-order valence-electron chi connectivity index (χ2n) is 5.48. The van der Waals surface area contributed by atoms with Gasteiger partial charge in [0.15, 0.2) is 0 Å². The van der Waals surface area contributed by atoms with Gasteiger partial charge in [-0.05, 0) is 24.1 Å². The van der Waals surface area contributed by atoms with Crippen LogP contribution in [-0.2, 0) is 10.1 Å². The number of rotatable bonds is 8. The molecular formula is C16H26Cl2O4S. The Morgan fingerprint density at radius 1 is 1.13 bits per heavy atom. The van der Waals surface area contributed by atoms with Gasteiger partial charge in [0.05, 0.1) is 6.26 Å². The summed E-state index contributed by atoms with van der Waals surface area (Å²) in [6.45, 7) is 2.36. The molecule has 1 aromatic carbocycles. The Hall–Kier alpha value is -0.330. The zero-order chi connectivity index (χ0) is 17.9. The summed E-state index contributed by atoms with van der Waals surface area (Å²) in [7, 11) is -3.67. The Morgan fingerprint density at radius 3 is 2.17 bits per heavy atom. The summed E-state index contributed by atoms with van der Waals surface area (Å²) in [6, 6.07) is 5.51. The van der Waals surface area contributed by atoms with Crippen molar-refractivity contribution in [1.29, 1.82) is 0 Å². The van der Waals surface area contributed by atoms with Crippen molar-refractivity contribution in [3.05, 3.63) is 33.8 Å². The molecule has 0 fully saturated rings. The van der Waals surface area contributed by atoms with Crippen LogP contribution in [0.2, 0.25) is 10.0 Å². The standard InChI is InChI=1S/C15H22Cl2O.CH4O3S/c1-2-3-4-5-6-7-12(11-18)14-9-8-13(16)10-15(14)17;1-5(2,3)4/h8-10,12,18H,2-7,11H2,1H3;1H3,(H,2,3,4). The quantitative estimate of drug-likeness (QED) is 0.491. The number of halogens is 2. The summed E-state index contributed by atoms with van der Waals surface area (Å²) in [5, 5.41) is 10.8. The molecule has 7 heteroatoms. The molecule has 0 saturated carbocycles. The largest absolute Gasteiger partial charge is 0.396 e. The maximum Gasteiger partial charge on any atom is 0.261 e. The molecule has 1 aromatic rings. The molecule has 0 aliphatic carbocycles. The molecule has 0 radical (unpaired) electrons. The van der Waals surface area contributed by atoms with Crippen molar-refractivity contribution in [1.82, 2.24) is 0 Å². The highest BCUT2D eigenvalue weighted by molar-refractivity contribution is 7.85. The highest BCUT2D eigenvalue weighted by Gasteiger charge is 2.13. The summed E-state index contributed by atoms with van der Waals surface area (Å²) < 4.78 is 25.9. The van der Waals surface area contributed by atoms with E-state index in [1.807, 2.05) is 12.1 Å². The van der Waals surface area contributed by atoms with Gasteiger partial charge in [0.25, 0.3) is 10.1 Å². The van der Waals surface area contributed by atoms with Crippen molar-refractivity contribution >= 4 is 33.3 Å². The normalized spacial score (nSPS) is 12.4. The van der Waals surface area contributed by atoms with Crippen molar-refractivity contribution < 1.29 is 18.1 Å². The topological polar surface area (TPSA) is 74.6 Å². The number of unbranched alkanes of at least 4 members (excludes halogenated alkanes) is 4. The summed E-state index contributed by atoms with van der Waals surface area (Å²) in [4.78, 5) is 0. The fraction of sp³-hybridized carbons (Fsp3) is 0.625. The molecule has 2 N–H and O–H groups in total. The molecule has 0 bridgehead atoms. The Balaban J connectivity index is 0.000000841. The number of benzene rings is 1. The Kier molecular flexibility index (Phi) is 11.9. The highest BCUT2D eigenvalue weighted by atomic mass is 35.5. The lowest BCUT2D eigenvalue weighted by Crippen LogP contribution is -2.05. The molecule has 0 aromatic heterocycles. The molecule has 23 heavy (non-hydrogen) atoms. The van der Waals surface area contributed by atoms with E-state index in [1.54, 1.807) is 6.07 Å². The van der Waals surface area contributed by atoms with E-state index >= 15 is 0 Å². The first-order chi connectivity index (χ1) is 10.7. The molecular weight excluding hydrogens is 359 g/mol. The second kappa shape index (κ2) is 12.1. The van der Waals surface area contributed by atoms with E-state index < -0.39 is 10.1 Å². The van der Waals surface area contributed by atoms with E-state index in [4.69, 9.17) is 27.8 Å². The predicted octanol–water partition coefficient (Wildman–Crippen LogP) is 4.93. The summed E-state index contributed by atoms with van der Waals surface area (Å²) >= 11 is 12.0. The zero-order valence-electron chi connectivity index (χ0n) is 13.6. The van der Waals surface area contributed by atoms with Crippen molar-refractivity contribution in [3.8, 4) is 0 Å². The lowest BCUT2D eigenvalue weighted by atomic mass is 9.93. The maximum atomic E-state index is 9.48. The van der Waals surface area contributed by atoms with Gasteiger partial charge in [0.2, 0.25) is 0 Å². The average molecular weight is 385 g/mol. The van der Waals surface area contributed by atoms with Gasteiger partial charge < -0.3 is 5.11 Å². The smallest absolute Gasteiger partial charge is 0.261 e. The lowest BCUT2D eigenvalue weighted by Gasteiger charge is -2.16. The van der Waals surface area contributed by atoms with E-state index in [1.165, 1.54) is 25.7 Å². The maximum absolute atomic E-state index is 9.48. The third kappa shape index (κ3) is 12.7. The minimum Gasteiger partial charge on any atom is -0.396 e. The van der Waals surface area contributed by atoms with E-state index in [2.05, 4.69) is 6.92 Å². The van der Waals surface area contributed by atoms with Crippen LogP contribution < -0.4 is 0 Å². The molecule has 0 amide bonds. The van der Waals surface area contributed by atoms with Crippen molar-refractivity contribution in [2.24, 2.45) is 0 Å². The van der Waals surface area contributed by atoms with Gasteiger partial charge >= 0.3 is 0 Å². The summed E-state index contributed by atoms with van der Waals surface area (Å²) in [5.41, 5.74) is 1.01. The first-order valence-corrected chi connectivity index (χ1v) is 10.3. The fourth-order valence-corrected chi connectivity index (χ4v) is 2.73. The van der Waals surface area contributed by atoms with Crippen LogP contribution in [0.3, 0.4) is 0 Å². The third-order valence-electron chi connectivity index (χ3n) is 3.28.